The van der Waals surface area contributed by atoms with Crippen LogP contribution >= 0.6 is 27.3 Å². The molecular formula is C18H13BrN4O3S. The van der Waals surface area contributed by atoms with Gasteiger partial charge in [0.2, 0.25) is 11.8 Å². The predicted molar refractivity (Wildman–Crippen MR) is 104 cm³/mol. The average molecular weight is 445 g/mol. The Balaban J connectivity index is 1.99. The fourth-order valence-corrected chi connectivity index (χ4v) is 4.30. The van der Waals surface area contributed by atoms with E-state index in [0.29, 0.717) is 21.5 Å². The second-order valence-corrected chi connectivity index (χ2v) is 7.58. The summed E-state index contributed by atoms with van der Waals surface area (Å²) < 4.78 is 11.3. The third kappa shape index (κ3) is 2.74. The van der Waals surface area contributed by atoms with Gasteiger partial charge in [-0.25, -0.2) is 0 Å². The van der Waals surface area contributed by atoms with Crippen molar-refractivity contribution < 1.29 is 14.6 Å². The molecule has 0 bridgehead atoms. The summed E-state index contributed by atoms with van der Waals surface area (Å²) in [5.74, 6) is 0.0602. The average Bonchev–Trinajstić information content (AvgIpc) is 3.32. The summed E-state index contributed by atoms with van der Waals surface area (Å²) >= 11 is 4.88. The van der Waals surface area contributed by atoms with Gasteiger partial charge in [0.1, 0.15) is 11.6 Å². The zero-order chi connectivity index (χ0) is 19.1. The molecule has 27 heavy (non-hydrogen) atoms. The molecule has 0 radical (unpaired) electrons. The van der Waals surface area contributed by atoms with Gasteiger partial charge in [-0.3, -0.25) is 5.10 Å². The van der Waals surface area contributed by atoms with Crippen LogP contribution in [0.25, 0.3) is 10.6 Å². The van der Waals surface area contributed by atoms with E-state index < -0.39 is 5.92 Å². The highest BCUT2D eigenvalue weighted by Gasteiger charge is 2.36. The fraction of sp³-hybridized carbons (Fsp3) is 0.111. The number of nitrogens with one attached hydrogen (secondary N) is 1. The second kappa shape index (κ2) is 6.64. The van der Waals surface area contributed by atoms with Crippen LogP contribution in [0.2, 0.25) is 0 Å². The highest BCUT2D eigenvalue weighted by molar-refractivity contribution is 9.10. The number of allylic oxidation sites excluding steroid dienone is 1. The Labute approximate surface area is 166 Å². The van der Waals surface area contributed by atoms with Crippen molar-refractivity contribution in [2.75, 3.05) is 7.11 Å². The molecule has 0 saturated carbocycles. The fourth-order valence-electron chi connectivity index (χ4n) is 3.10. The number of methoxy groups -OCH3 is 1. The zero-order valence-corrected chi connectivity index (χ0v) is 16.4. The van der Waals surface area contributed by atoms with Gasteiger partial charge in [-0.1, -0.05) is 6.07 Å². The molecule has 4 rings (SSSR count). The van der Waals surface area contributed by atoms with Gasteiger partial charge < -0.3 is 20.3 Å². The van der Waals surface area contributed by atoms with Crippen LogP contribution in [0, 0.1) is 11.3 Å². The number of aromatic amines is 1. The van der Waals surface area contributed by atoms with Crippen molar-refractivity contribution >= 4 is 27.3 Å². The van der Waals surface area contributed by atoms with E-state index >= 15 is 0 Å². The van der Waals surface area contributed by atoms with Gasteiger partial charge in [-0.2, -0.15) is 5.26 Å². The Morgan fingerprint density at radius 3 is 2.96 bits per heavy atom. The molecule has 1 aliphatic heterocycles. The first-order chi connectivity index (χ1) is 13.0. The van der Waals surface area contributed by atoms with Gasteiger partial charge in [0.05, 0.1) is 33.6 Å². The summed E-state index contributed by atoms with van der Waals surface area (Å²) in [6, 6.07) is 9.44. The van der Waals surface area contributed by atoms with Crippen LogP contribution in [0.1, 0.15) is 17.0 Å². The van der Waals surface area contributed by atoms with E-state index in [4.69, 9.17) is 15.2 Å². The van der Waals surface area contributed by atoms with E-state index in [1.165, 1.54) is 7.11 Å². The lowest BCUT2D eigenvalue weighted by atomic mass is 9.83. The Hall–Kier alpha value is -2.96. The molecule has 7 nitrogen and oxygen atoms in total. The SMILES string of the molecule is COc1cc([C@H]2C(C#N)=C(N)Oc3n[nH]c(-c4cccs4)c32)cc(Br)c1O. The first-order valence-electron chi connectivity index (χ1n) is 7.81. The smallest absolute Gasteiger partial charge is 0.244 e. The van der Waals surface area contributed by atoms with Crippen LogP contribution in [-0.2, 0) is 0 Å². The molecule has 4 N–H and O–H groups in total. The lowest BCUT2D eigenvalue weighted by molar-refractivity contribution is 0.369. The van der Waals surface area contributed by atoms with Crippen LogP contribution < -0.4 is 15.2 Å². The maximum Gasteiger partial charge on any atom is 0.244 e. The van der Waals surface area contributed by atoms with Gasteiger partial charge in [-0.05, 0) is 45.1 Å². The monoisotopic (exact) mass is 444 g/mol. The third-order valence-corrected chi connectivity index (χ3v) is 5.80. The molecule has 3 heterocycles. The number of hydrogen-bond donors (Lipinski definition) is 3. The first-order valence-corrected chi connectivity index (χ1v) is 9.48. The van der Waals surface area contributed by atoms with E-state index in [0.717, 1.165) is 10.6 Å². The summed E-state index contributed by atoms with van der Waals surface area (Å²) in [7, 11) is 1.46. The van der Waals surface area contributed by atoms with E-state index in [1.54, 1.807) is 23.5 Å². The lowest BCUT2D eigenvalue weighted by Gasteiger charge is -2.24. The van der Waals surface area contributed by atoms with E-state index in [-0.39, 0.29) is 23.0 Å². The number of thiophene rings is 1. The van der Waals surface area contributed by atoms with Gasteiger partial charge >= 0.3 is 0 Å². The lowest BCUT2D eigenvalue weighted by Crippen LogP contribution is -2.21. The molecule has 1 aromatic carbocycles. The molecule has 0 saturated heterocycles. The number of aromatic hydroxyl groups is 1. The maximum absolute atomic E-state index is 10.1. The zero-order valence-electron chi connectivity index (χ0n) is 14.0. The van der Waals surface area contributed by atoms with Crippen LogP contribution in [0.5, 0.6) is 17.4 Å². The molecule has 1 aliphatic rings. The standard InChI is InChI=1S/C18H13BrN4O3S/c1-25-11-6-8(5-10(19)16(11)24)13-9(7-20)17(21)26-18-14(13)15(22-23-18)12-3-2-4-27-12/h2-6,13,24H,21H2,1H3,(H,22,23)/t13-/m0/s1. The minimum Gasteiger partial charge on any atom is -0.503 e. The summed E-state index contributed by atoms with van der Waals surface area (Å²) in [6.45, 7) is 0. The van der Waals surface area contributed by atoms with Crippen molar-refractivity contribution in [1.29, 1.82) is 5.26 Å². The topological polar surface area (TPSA) is 117 Å². The Bertz CT molecular complexity index is 1100. The second-order valence-electron chi connectivity index (χ2n) is 5.77. The van der Waals surface area contributed by atoms with Crippen molar-refractivity contribution in [3.63, 3.8) is 0 Å². The number of ether oxygens (including phenoxy) is 2. The van der Waals surface area contributed by atoms with Gasteiger partial charge in [0, 0.05) is 0 Å². The van der Waals surface area contributed by atoms with E-state index in [2.05, 4.69) is 32.2 Å². The Kier molecular flexibility index (Phi) is 4.30. The molecule has 0 unspecified atom stereocenters. The maximum atomic E-state index is 10.1. The number of phenols is 1. The quantitative estimate of drug-likeness (QED) is 0.564. The third-order valence-electron chi connectivity index (χ3n) is 4.31. The predicted octanol–water partition coefficient (Wildman–Crippen LogP) is 3.83. The number of aromatic nitrogens is 2. The highest BCUT2D eigenvalue weighted by Crippen LogP contribution is 2.48. The first kappa shape index (κ1) is 17.5. The molecule has 1 atom stereocenters. The number of halogens is 1. The normalized spacial score (nSPS) is 15.8. The van der Waals surface area contributed by atoms with Gasteiger partial charge in [-0.15, -0.1) is 16.4 Å². The van der Waals surface area contributed by atoms with Crippen LogP contribution in [0.3, 0.4) is 0 Å². The number of phenolic OH excluding ortho intramolecular Hbond substituents is 1. The van der Waals surface area contributed by atoms with Crippen LogP contribution in [0.4, 0.5) is 0 Å². The molecule has 0 fully saturated rings. The number of nitriles is 1. The summed E-state index contributed by atoms with van der Waals surface area (Å²) in [6.07, 6.45) is 0. The van der Waals surface area contributed by atoms with E-state index in [9.17, 15) is 10.4 Å². The molecule has 136 valence electrons. The van der Waals surface area contributed by atoms with E-state index in [1.807, 2.05) is 17.5 Å². The van der Waals surface area contributed by atoms with Crippen molar-refractivity contribution in [2.24, 2.45) is 5.73 Å². The summed E-state index contributed by atoms with van der Waals surface area (Å²) in [5, 5.41) is 29.1. The van der Waals surface area contributed by atoms with Gasteiger partial charge in [0.15, 0.2) is 11.5 Å². The number of nitrogens with zero attached hydrogens (tertiary/aromatic N) is 2. The number of benzene rings is 1. The molecule has 3 aromatic rings. The molecular weight excluding hydrogens is 432 g/mol. The molecule has 0 amide bonds. The molecule has 0 spiro atoms. The van der Waals surface area contributed by atoms with Crippen molar-refractivity contribution in [2.45, 2.75) is 5.92 Å². The van der Waals surface area contributed by atoms with Crippen LogP contribution in [0.15, 0.2) is 45.6 Å². The number of nitrogens with two attached hydrogens (primary N) is 1. The van der Waals surface area contributed by atoms with Gasteiger partial charge in [0.25, 0.3) is 0 Å². The van der Waals surface area contributed by atoms with Crippen molar-refractivity contribution in [3.05, 3.63) is 56.7 Å². The number of rotatable bonds is 3. The molecule has 2 aromatic heterocycles. The number of H-pyrrole nitrogens is 1. The minimum absolute atomic E-state index is 0.00222. The molecule has 9 heteroatoms. The van der Waals surface area contributed by atoms with Crippen molar-refractivity contribution in [3.8, 4) is 34.0 Å². The molecule has 0 aliphatic carbocycles. The Morgan fingerprint density at radius 1 is 1.48 bits per heavy atom. The number of fused-ring (bicyclic) bond motifs is 1. The summed E-state index contributed by atoms with van der Waals surface area (Å²) in [4.78, 5) is 0.958. The van der Waals surface area contributed by atoms with Crippen molar-refractivity contribution in [1.82, 2.24) is 10.2 Å². The number of hydrogen-bond acceptors (Lipinski definition) is 7. The minimum atomic E-state index is -0.527. The largest absolute Gasteiger partial charge is 0.503 e. The highest BCUT2D eigenvalue weighted by atomic mass is 79.9. The summed E-state index contributed by atoms with van der Waals surface area (Å²) in [5.41, 5.74) is 8.43. The van der Waals surface area contributed by atoms with Crippen LogP contribution in [-0.4, -0.2) is 22.4 Å². The Morgan fingerprint density at radius 2 is 2.30 bits per heavy atom.